The number of hydrogen-bond donors (Lipinski definition) is 2. The SMILES string of the molecule is CCOc1c(-c2nc3cnccc3[nH]2)ccc(CC)c1S. The highest BCUT2D eigenvalue weighted by Gasteiger charge is 2.15. The molecular weight excluding hydrogens is 282 g/mol. The summed E-state index contributed by atoms with van der Waals surface area (Å²) in [6.45, 7) is 4.67. The van der Waals surface area contributed by atoms with Gasteiger partial charge in [0.15, 0.2) is 0 Å². The molecule has 0 saturated heterocycles. The van der Waals surface area contributed by atoms with Gasteiger partial charge in [-0.1, -0.05) is 13.0 Å². The lowest BCUT2D eigenvalue weighted by atomic mass is 10.1. The third-order valence-corrected chi connectivity index (χ3v) is 3.92. The third-order valence-electron chi connectivity index (χ3n) is 3.43. The number of fused-ring (bicyclic) bond motifs is 1. The molecule has 5 heteroatoms. The van der Waals surface area contributed by atoms with Crippen molar-refractivity contribution in [1.82, 2.24) is 15.0 Å². The Labute approximate surface area is 129 Å². The summed E-state index contributed by atoms with van der Waals surface area (Å²) in [6.07, 6.45) is 4.42. The van der Waals surface area contributed by atoms with Crippen molar-refractivity contribution in [3.63, 3.8) is 0 Å². The van der Waals surface area contributed by atoms with Gasteiger partial charge in [-0.05, 0) is 31.0 Å². The molecule has 0 bridgehead atoms. The molecule has 0 aliphatic rings. The average molecular weight is 299 g/mol. The number of H-pyrrole nitrogens is 1. The highest BCUT2D eigenvalue weighted by molar-refractivity contribution is 7.80. The Hall–Kier alpha value is -2.01. The fourth-order valence-electron chi connectivity index (χ4n) is 2.36. The van der Waals surface area contributed by atoms with Gasteiger partial charge in [-0.15, -0.1) is 12.6 Å². The number of thiol groups is 1. The summed E-state index contributed by atoms with van der Waals surface area (Å²) in [5, 5.41) is 0. The maximum Gasteiger partial charge on any atom is 0.143 e. The summed E-state index contributed by atoms with van der Waals surface area (Å²) < 4.78 is 5.81. The first-order valence-electron chi connectivity index (χ1n) is 7.02. The zero-order valence-electron chi connectivity index (χ0n) is 12.1. The van der Waals surface area contributed by atoms with Gasteiger partial charge in [0.25, 0.3) is 0 Å². The van der Waals surface area contributed by atoms with E-state index in [-0.39, 0.29) is 0 Å². The minimum Gasteiger partial charge on any atom is -0.492 e. The quantitative estimate of drug-likeness (QED) is 0.719. The highest BCUT2D eigenvalue weighted by Crippen LogP contribution is 2.37. The van der Waals surface area contributed by atoms with E-state index in [4.69, 9.17) is 4.74 Å². The van der Waals surface area contributed by atoms with E-state index in [1.54, 1.807) is 12.4 Å². The topological polar surface area (TPSA) is 50.8 Å². The molecule has 0 fully saturated rings. The number of aryl methyl sites for hydroxylation is 1. The number of aromatic nitrogens is 3. The molecule has 1 N–H and O–H groups in total. The predicted octanol–water partition coefficient (Wildman–Crippen LogP) is 3.87. The van der Waals surface area contributed by atoms with Crippen LogP contribution in [0.1, 0.15) is 19.4 Å². The van der Waals surface area contributed by atoms with Crippen molar-refractivity contribution in [3.05, 3.63) is 36.2 Å². The second-order valence-corrected chi connectivity index (χ2v) is 5.16. The molecule has 0 aliphatic heterocycles. The van der Waals surface area contributed by atoms with Crippen molar-refractivity contribution in [1.29, 1.82) is 0 Å². The molecule has 21 heavy (non-hydrogen) atoms. The molecule has 0 spiro atoms. The first-order valence-corrected chi connectivity index (χ1v) is 7.47. The van der Waals surface area contributed by atoms with Gasteiger partial charge in [0.05, 0.1) is 28.8 Å². The maximum atomic E-state index is 5.81. The van der Waals surface area contributed by atoms with Gasteiger partial charge in [0, 0.05) is 6.20 Å². The van der Waals surface area contributed by atoms with Crippen molar-refractivity contribution >= 4 is 23.7 Å². The molecule has 108 valence electrons. The number of rotatable bonds is 4. The largest absolute Gasteiger partial charge is 0.492 e. The van der Waals surface area contributed by atoms with Crippen molar-refractivity contribution in [2.75, 3.05) is 6.61 Å². The lowest BCUT2D eigenvalue weighted by Gasteiger charge is -2.14. The summed E-state index contributed by atoms with van der Waals surface area (Å²) in [5.74, 6) is 1.56. The Morgan fingerprint density at radius 2 is 2.10 bits per heavy atom. The second-order valence-electron chi connectivity index (χ2n) is 4.71. The minimum absolute atomic E-state index is 0.593. The van der Waals surface area contributed by atoms with Gasteiger partial charge in [0.2, 0.25) is 0 Å². The van der Waals surface area contributed by atoms with Crippen LogP contribution in [0.3, 0.4) is 0 Å². The van der Waals surface area contributed by atoms with Crippen LogP contribution in [0.2, 0.25) is 0 Å². The van der Waals surface area contributed by atoms with Crippen LogP contribution in [0.4, 0.5) is 0 Å². The normalized spacial score (nSPS) is 11.0. The summed E-state index contributed by atoms with van der Waals surface area (Å²) in [6, 6.07) is 6.02. The maximum absolute atomic E-state index is 5.81. The Balaban J connectivity index is 2.18. The first-order chi connectivity index (χ1) is 10.2. The molecule has 4 nitrogen and oxygen atoms in total. The molecule has 0 aliphatic carbocycles. The molecule has 3 aromatic rings. The van der Waals surface area contributed by atoms with Crippen molar-refractivity contribution in [2.45, 2.75) is 25.2 Å². The smallest absolute Gasteiger partial charge is 0.143 e. The van der Waals surface area contributed by atoms with E-state index >= 15 is 0 Å². The summed E-state index contributed by atoms with van der Waals surface area (Å²) in [4.78, 5) is 12.9. The number of nitrogens with one attached hydrogen (secondary N) is 1. The van der Waals surface area contributed by atoms with Crippen LogP contribution in [-0.4, -0.2) is 21.6 Å². The van der Waals surface area contributed by atoms with E-state index < -0.39 is 0 Å². The Morgan fingerprint density at radius 3 is 2.81 bits per heavy atom. The number of ether oxygens (including phenoxy) is 1. The molecule has 0 amide bonds. The van der Waals surface area contributed by atoms with Gasteiger partial charge >= 0.3 is 0 Å². The lowest BCUT2D eigenvalue weighted by molar-refractivity contribution is 0.333. The van der Waals surface area contributed by atoms with Crippen molar-refractivity contribution in [2.24, 2.45) is 0 Å². The minimum atomic E-state index is 0.593. The van der Waals surface area contributed by atoms with Crippen LogP contribution < -0.4 is 4.74 Å². The zero-order chi connectivity index (χ0) is 14.8. The van der Waals surface area contributed by atoms with E-state index in [0.29, 0.717) is 6.61 Å². The average Bonchev–Trinajstić information content (AvgIpc) is 2.93. The van der Waals surface area contributed by atoms with Crippen molar-refractivity contribution in [3.8, 4) is 17.1 Å². The number of imidazole rings is 1. The van der Waals surface area contributed by atoms with Gasteiger partial charge in [-0.3, -0.25) is 4.98 Å². The molecule has 0 atom stereocenters. The molecule has 3 rings (SSSR count). The van der Waals surface area contributed by atoms with Gasteiger partial charge in [-0.2, -0.15) is 0 Å². The Bertz CT molecular complexity index is 749. The van der Waals surface area contributed by atoms with E-state index in [9.17, 15) is 0 Å². The number of nitrogens with zero attached hydrogens (tertiary/aromatic N) is 2. The number of benzene rings is 1. The number of hydrogen-bond acceptors (Lipinski definition) is 4. The van der Waals surface area contributed by atoms with Gasteiger partial charge in [0.1, 0.15) is 17.1 Å². The number of aromatic amines is 1. The van der Waals surface area contributed by atoms with Gasteiger partial charge in [-0.25, -0.2) is 4.98 Å². The van der Waals surface area contributed by atoms with Crippen LogP contribution in [0, 0.1) is 0 Å². The standard InChI is InChI=1S/C16H17N3OS/c1-3-10-5-6-11(14(15(10)21)20-4-2)16-18-12-7-8-17-9-13(12)19-16/h5-9,21H,3-4H2,1-2H3,(H,18,19). The number of pyridine rings is 1. The molecule has 0 unspecified atom stereocenters. The molecule has 1 aromatic carbocycles. The summed E-state index contributed by atoms with van der Waals surface area (Å²) in [5.41, 5.74) is 3.90. The molecule has 0 radical (unpaired) electrons. The van der Waals surface area contributed by atoms with E-state index in [0.717, 1.165) is 39.5 Å². The van der Waals surface area contributed by atoms with Crippen LogP contribution >= 0.6 is 12.6 Å². The van der Waals surface area contributed by atoms with Crippen LogP contribution in [0.15, 0.2) is 35.5 Å². The Kier molecular flexibility index (Phi) is 3.84. The fraction of sp³-hybridized carbons (Fsp3) is 0.250. The van der Waals surface area contributed by atoms with E-state index in [2.05, 4.69) is 40.6 Å². The van der Waals surface area contributed by atoms with E-state index in [1.807, 2.05) is 19.1 Å². The summed E-state index contributed by atoms with van der Waals surface area (Å²) >= 11 is 4.63. The molecular formula is C16H17N3OS. The van der Waals surface area contributed by atoms with E-state index in [1.165, 1.54) is 5.56 Å². The Morgan fingerprint density at radius 1 is 1.24 bits per heavy atom. The predicted molar refractivity (Wildman–Crippen MR) is 87.1 cm³/mol. The molecule has 0 saturated carbocycles. The fourth-order valence-corrected chi connectivity index (χ4v) is 2.78. The molecule has 2 aromatic heterocycles. The van der Waals surface area contributed by atoms with Crippen LogP contribution in [0.5, 0.6) is 5.75 Å². The molecule has 2 heterocycles. The highest BCUT2D eigenvalue weighted by atomic mass is 32.1. The van der Waals surface area contributed by atoms with Crippen molar-refractivity contribution < 1.29 is 4.74 Å². The van der Waals surface area contributed by atoms with Crippen LogP contribution in [-0.2, 0) is 6.42 Å². The first kappa shape index (κ1) is 13.9. The summed E-state index contributed by atoms with van der Waals surface area (Å²) in [7, 11) is 0. The lowest BCUT2D eigenvalue weighted by Crippen LogP contribution is -1.98. The van der Waals surface area contributed by atoms with Crippen LogP contribution in [0.25, 0.3) is 22.4 Å². The second kappa shape index (κ2) is 5.77. The monoisotopic (exact) mass is 299 g/mol. The third kappa shape index (κ3) is 2.49. The van der Waals surface area contributed by atoms with Gasteiger partial charge < -0.3 is 9.72 Å². The zero-order valence-corrected chi connectivity index (χ0v) is 12.9.